The lowest BCUT2D eigenvalue weighted by molar-refractivity contribution is -0.137. The Kier molecular flexibility index (Phi) is 5.34. The van der Waals surface area contributed by atoms with Crippen LogP contribution >= 0.6 is 11.6 Å². The first kappa shape index (κ1) is 17.1. The first-order chi connectivity index (χ1) is 10.3. The fourth-order valence-electron chi connectivity index (χ4n) is 2.56. The van der Waals surface area contributed by atoms with Gasteiger partial charge in [0.2, 0.25) is 5.91 Å². The highest BCUT2D eigenvalue weighted by Crippen LogP contribution is 2.33. The van der Waals surface area contributed by atoms with Crippen molar-refractivity contribution < 1.29 is 18.0 Å². The molecule has 2 rings (SSSR count). The van der Waals surface area contributed by atoms with Crippen molar-refractivity contribution >= 4 is 23.2 Å². The molecule has 0 radical (unpaired) electrons. The minimum atomic E-state index is -4.47. The highest BCUT2D eigenvalue weighted by molar-refractivity contribution is 6.33. The van der Waals surface area contributed by atoms with Gasteiger partial charge in [-0.25, -0.2) is 0 Å². The summed E-state index contributed by atoms with van der Waals surface area (Å²) in [5, 5.41) is 2.57. The standard InChI is InChI=1S/C15H18ClF3N2O/c1-10-4-2-3-7-21(10)9-14(22)20-13-8-11(15(17,18)19)5-6-12(13)16/h5-6,8,10H,2-4,7,9H2,1H3,(H,20,22). The highest BCUT2D eigenvalue weighted by Gasteiger charge is 2.31. The monoisotopic (exact) mass is 334 g/mol. The van der Waals surface area contributed by atoms with Crippen LogP contribution in [0.2, 0.25) is 5.02 Å². The second kappa shape index (κ2) is 6.87. The Bertz CT molecular complexity index is 548. The highest BCUT2D eigenvalue weighted by atomic mass is 35.5. The predicted octanol–water partition coefficient (Wildman–Crippen LogP) is 4.17. The van der Waals surface area contributed by atoms with Crippen LogP contribution in [0.3, 0.4) is 0 Å². The Morgan fingerprint density at radius 2 is 2.14 bits per heavy atom. The van der Waals surface area contributed by atoms with Crippen LogP contribution in [0.15, 0.2) is 18.2 Å². The van der Waals surface area contributed by atoms with Crippen molar-refractivity contribution in [3.63, 3.8) is 0 Å². The molecule has 3 nitrogen and oxygen atoms in total. The molecule has 1 heterocycles. The SMILES string of the molecule is CC1CCCCN1CC(=O)Nc1cc(C(F)(F)F)ccc1Cl. The van der Waals surface area contributed by atoms with E-state index in [0.29, 0.717) is 6.04 Å². The van der Waals surface area contributed by atoms with Gasteiger partial charge in [-0.1, -0.05) is 18.0 Å². The number of carbonyl (C=O) groups is 1. The minimum absolute atomic E-state index is 0.00819. The summed E-state index contributed by atoms with van der Waals surface area (Å²) in [7, 11) is 0. The number of anilines is 1. The largest absolute Gasteiger partial charge is 0.416 e. The van der Waals surface area contributed by atoms with Gasteiger partial charge < -0.3 is 5.32 Å². The van der Waals surface area contributed by atoms with E-state index in [2.05, 4.69) is 5.32 Å². The number of hydrogen-bond donors (Lipinski definition) is 1. The van der Waals surface area contributed by atoms with E-state index in [1.54, 1.807) is 0 Å². The lowest BCUT2D eigenvalue weighted by atomic mass is 10.0. The van der Waals surface area contributed by atoms with Crippen molar-refractivity contribution in [1.29, 1.82) is 0 Å². The molecule has 1 amide bonds. The molecule has 1 aromatic carbocycles. The third-order valence-electron chi connectivity index (χ3n) is 3.86. The van der Waals surface area contributed by atoms with Gasteiger partial charge in [-0.15, -0.1) is 0 Å². The minimum Gasteiger partial charge on any atom is -0.324 e. The van der Waals surface area contributed by atoms with Crippen LogP contribution in [0.4, 0.5) is 18.9 Å². The maximum atomic E-state index is 12.7. The molecule has 1 aromatic rings. The first-order valence-corrected chi connectivity index (χ1v) is 7.56. The molecule has 1 unspecified atom stereocenters. The summed E-state index contributed by atoms with van der Waals surface area (Å²) >= 11 is 5.87. The number of alkyl halides is 3. The predicted molar refractivity (Wildman–Crippen MR) is 80.0 cm³/mol. The van der Waals surface area contributed by atoms with Crippen LogP contribution in [-0.2, 0) is 11.0 Å². The summed E-state index contributed by atoms with van der Waals surface area (Å²) in [6.45, 7) is 3.03. The average molecular weight is 335 g/mol. The van der Waals surface area contributed by atoms with Gasteiger partial charge in [-0.2, -0.15) is 13.2 Å². The molecule has 0 aliphatic carbocycles. The van der Waals surface area contributed by atoms with Crippen LogP contribution in [0.1, 0.15) is 31.7 Å². The van der Waals surface area contributed by atoms with Crippen molar-refractivity contribution in [2.45, 2.75) is 38.4 Å². The molecule has 1 aliphatic rings. The van der Waals surface area contributed by atoms with Gasteiger partial charge in [-0.3, -0.25) is 9.69 Å². The third-order valence-corrected chi connectivity index (χ3v) is 4.18. The van der Waals surface area contributed by atoms with Crippen molar-refractivity contribution in [1.82, 2.24) is 4.90 Å². The number of piperidine rings is 1. The zero-order valence-corrected chi connectivity index (χ0v) is 13.0. The number of benzene rings is 1. The Morgan fingerprint density at radius 3 is 2.77 bits per heavy atom. The van der Waals surface area contributed by atoms with Crippen LogP contribution in [-0.4, -0.2) is 29.9 Å². The number of rotatable bonds is 3. The summed E-state index contributed by atoms with van der Waals surface area (Å²) < 4.78 is 38.1. The quantitative estimate of drug-likeness (QED) is 0.899. The van der Waals surface area contributed by atoms with Crippen molar-refractivity contribution in [3.8, 4) is 0 Å². The molecule has 22 heavy (non-hydrogen) atoms. The number of halogens is 4. The molecular formula is C15H18ClF3N2O. The molecule has 122 valence electrons. The summed E-state index contributed by atoms with van der Waals surface area (Å²) in [5.41, 5.74) is -0.843. The van der Waals surface area contributed by atoms with E-state index in [1.165, 1.54) is 0 Å². The molecule has 7 heteroatoms. The molecule has 1 saturated heterocycles. The van der Waals surface area contributed by atoms with E-state index >= 15 is 0 Å². The van der Waals surface area contributed by atoms with Gasteiger partial charge in [-0.05, 0) is 44.5 Å². The summed E-state index contributed by atoms with van der Waals surface area (Å²) in [6, 6.07) is 3.20. The second-order valence-electron chi connectivity index (χ2n) is 5.56. The molecule has 0 aromatic heterocycles. The number of amides is 1. The molecule has 1 atom stereocenters. The number of carbonyl (C=O) groups excluding carboxylic acids is 1. The lowest BCUT2D eigenvalue weighted by Gasteiger charge is -2.32. The Balaban J connectivity index is 2.04. The van der Waals surface area contributed by atoms with Gasteiger partial charge in [0.1, 0.15) is 0 Å². The first-order valence-electron chi connectivity index (χ1n) is 7.18. The van der Waals surface area contributed by atoms with Gasteiger partial charge in [0, 0.05) is 6.04 Å². The Labute approximate surface area is 132 Å². The Morgan fingerprint density at radius 1 is 1.41 bits per heavy atom. The van der Waals surface area contributed by atoms with Gasteiger partial charge in [0.05, 0.1) is 22.8 Å². The second-order valence-corrected chi connectivity index (χ2v) is 5.96. The maximum Gasteiger partial charge on any atom is 0.416 e. The van der Waals surface area contributed by atoms with Crippen LogP contribution < -0.4 is 5.32 Å². The summed E-state index contributed by atoms with van der Waals surface area (Å²) in [5.74, 6) is -0.352. The van der Waals surface area contributed by atoms with Gasteiger partial charge in [0.15, 0.2) is 0 Å². The average Bonchev–Trinajstić information content (AvgIpc) is 2.42. The number of nitrogens with zero attached hydrogens (tertiary/aromatic N) is 1. The van der Waals surface area contributed by atoms with Crippen molar-refractivity contribution in [3.05, 3.63) is 28.8 Å². The van der Waals surface area contributed by atoms with Crippen molar-refractivity contribution in [2.24, 2.45) is 0 Å². The summed E-state index contributed by atoms with van der Waals surface area (Å²) in [6.07, 6.45) is -1.27. The van der Waals surface area contributed by atoms with E-state index < -0.39 is 11.7 Å². The zero-order chi connectivity index (χ0) is 16.3. The molecule has 1 fully saturated rings. The van der Waals surface area contributed by atoms with Crippen LogP contribution in [0.5, 0.6) is 0 Å². The molecular weight excluding hydrogens is 317 g/mol. The van der Waals surface area contributed by atoms with Crippen LogP contribution in [0, 0.1) is 0 Å². The van der Waals surface area contributed by atoms with Gasteiger partial charge in [0.25, 0.3) is 0 Å². The number of hydrogen-bond acceptors (Lipinski definition) is 2. The van der Waals surface area contributed by atoms with E-state index in [1.807, 2.05) is 11.8 Å². The van der Waals surface area contributed by atoms with Crippen molar-refractivity contribution in [2.75, 3.05) is 18.4 Å². The maximum absolute atomic E-state index is 12.7. The molecule has 0 bridgehead atoms. The van der Waals surface area contributed by atoms with E-state index in [-0.39, 0.29) is 23.2 Å². The lowest BCUT2D eigenvalue weighted by Crippen LogP contribution is -2.42. The summed E-state index contributed by atoms with van der Waals surface area (Å²) in [4.78, 5) is 14.1. The molecule has 1 N–H and O–H groups in total. The van der Waals surface area contributed by atoms with Crippen LogP contribution in [0.25, 0.3) is 0 Å². The fraction of sp³-hybridized carbons (Fsp3) is 0.533. The van der Waals surface area contributed by atoms with E-state index in [9.17, 15) is 18.0 Å². The number of likely N-dealkylation sites (tertiary alicyclic amines) is 1. The normalized spacial score (nSPS) is 20.0. The molecule has 1 aliphatic heterocycles. The van der Waals surface area contributed by atoms with Gasteiger partial charge >= 0.3 is 6.18 Å². The zero-order valence-electron chi connectivity index (χ0n) is 12.2. The third kappa shape index (κ3) is 4.36. The molecule has 0 spiro atoms. The van der Waals surface area contributed by atoms with E-state index in [0.717, 1.165) is 44.0 Å². The molecule has 0 saturated carbocycles. The smallest absolute Gasteiger partial charge is 0.324 e. The number of nitrogens with one attached hydrogen (secondary N) is 1. The fourth-order valence-corrected chi connectivity index (χ4v) is 2.73. The topological polar surface area (TPSA) is 32.3 Å². The van der Waals surface area contributed by atoms with E-state index in [4.69, 9.17) is 11.6 Å². The Hall–Kier alpha value is -1.27.